The van der Waals surface area contributed by atoms with Gasteiger partial charge >= 0.3 is 6.03 Å². The predicted octanol–water partition coefficient (Wildman–Crippen LogP) is 1.52. The summed E-state index contributed by atoms with van der Waals surface area (Å²) >= 11 is 1.93. The summed E-state index contributed by atoms with van der Waals surface area (Å²) in [4.78, 5) is 23.5. The van der Waals surface area contributed by atoms with Crippen LogP contribution >= 0.6 is 24.2 Å². The Bertz CT molecular complexity index is 459. The van der Waals surface area contributed by atoms with E-state index < -0.39 is 0 Å². The van der Waals surface area contributed by atoms with E-state index in [1.54, 1.807) is 0 Å². The second kappa shape index (κ2) is 8.63. The van der Waals surface area contributed by atoms with Crippen LogP contribution in [0, 0.1) is 0 Å². The zero-order chi connectivity index (χ0) is 16.3. The number of nitrogens with two attached hydrogens (primary N) is 1. The highest BCUT2D eigenvalue weighted by Crippen LogP contribution is 2.33. The van der Waals surface area contributed by atoms with Crippen LogP contribution in [0.4, 0.5) is 4.79 Å². The van der Waals surface area contributed by atoms with Crippen LogP contribution in [-0.4, -0.2) is 47.1 Å². The molecular weight excluding hydrogens is 348 g/mol. The van der Waals surface area contributed by atoms with Crippen LogP contribution in [-0.2, 0) is 4.79 Å². The highest BCUT2D eigenvalue weighted by Gasteiger charge is 2.42. The van der Waals surface area contributed by atoms with Crippen LogP contribution in [0.1, 0.15) is 51.4 Å². The van der Waals surface area contributed by atoms with Gasteiger partial charge in [-0.3, -0.25) is 4.79 Å². The third-order valence-corrected chi connectivity index (χ3v) is 6.95. The van der Waals surface area contributed by atoms with E-state index in [-0.39, 0.29) is 42.0 Å². The number of carbonyl (C=O) groups is 2. The summed E-state index contributed by atoms with van der Waals surface area (Å²) < 4.78 is 0. The molecule has 138 valence electrons. The minimum Gasteiger partial charge on any atom is -0.349 e. The van der Waals surface area contributed by atoms with Crippen molar-refractivity contribution in [2.75, 3.05) is 12.3 Å². The molecule has 0 bridgehead atoms. The molecule has 0 spiro atoms. The largest absolute Gasteiger partial charge is 0.349 e. The minimum atomic E-state index is -0.134. The van der Waals surface area contributed by atoms with Gasteiger partial charge in [0, 0.05) is 24.0 Å². The van der Waals surface area contributed by atoms with Crippen molar-refractivity contribution in [3.05, 3.63) is 0 Å². The van der Waals surface area contributed by atoms with Crippen molar-refractivity contribution >= 4 is 36.1 Å². The van der Waals surface area contributed by atoms with E-state index in [0.29, 0.717) is 18.2 Å². The lowest BCUT2D eigenvalue weighted by atomic mass is 9.97. The first-order chi connectivity index (χ1) is 11.1. The van der Waals surface area contributed by atoms with Gasteiger partial charge in [0.25, 0.3) is 0 Å². The van der Waals surface area contributed by atoms with Crippen molar-refractivity contribution in [3.8, 4) is 0 Å². The smallest absolute Gasteiger partial charge is 0.315 e. The number of urea groups is 1. The minimum absolute atomic E-state index is 0. The Hall–Kier alpha value is -0.660. The molecule has 0 unspecified atom stereocenters. The molecule has 24 heavy (non-hydrogen) atoms. The lowest BCUT2D eigenvalue weighted by Gasteiger charge is -2.28. The molecule has 0 radical (unpaired) electrons. The van der Waals surface area contributed by atoms with Gasteiger partial charge in [-0.15, -0.1) is 12.4 Å². The van der Waals surface area contributed by atoms with Crippen molar-refractivity contribution < 1.29 is 9.59 Å². The van der Waals surface area contributed by atoms with Crippen molar-refractivity contribution in [1.82, 2.24) is 16.0 Å². The third kappa shape index (κ3) is 4.49. The molecule has 2 aliphatic heterocycles. The van der Waals surface area contributed by atoms with Crippen LogP contribution in [0.3, 0.4) is 0 Å². The van der Waals surface area contributed by atoms with Crippen LogP contribution in [0.2, 0.25) is 0 Å². The summed E-state index contributed by atoms with van der Waals surface area (Å²) in [7, 11) is 0. The van der Waals surface area contributed by atoms with Crippen molar-refractivity contribution in [1.29, 1.82) is 0 Å². The average molecular weight is 377 g/mol. The number of halogens is 1. The van der Waals surface area contributed by atoms with Crippen LogP contribution < -0.4 is 21.7 Å². The Balaban J connectivity index is 0.00000208. The monoisotopic (exact) mass is 376 g/mol. The maximum atomic E-state index is 12.1. The lowest BCUT2D eigenvalue weighted by molar-refractivity contribution is -0.123. The SMILES string of the molecule is Cl.NCC1(NC(=O)CCCC[C@@H]2SC[C@@H]3NC(=O)N[C@@H]32)CCCC1. The van der Waals surface area contributed by atoms with Gasteiger partial charge in [-0.05, 0) is 25.7 Å². The van der Waals surface area contributed by atoms with Gasteiger partial charge in [-0.25, -0.2) is 4.79 Å². The molecule has 1 aliphatic carbocycles. The Kier molecular flexibility index (Phi) is 7.07. The van der Waals surface area contributed by atoms with Gasteiger partial charge in [0.2, 0.25) is 5.91 Å². The fraction of sp³-hybridized carbons (Fsp3) is 0.875. The molecular formula is C16H29ClN4O2S. The van der Waals surface area contributed by atoms with E-state index >= 15 is 0 Å². The second-order valence-corrected chi connectivity index (χ2v) is 8.38. The topological polar surface area (TPSA) is 96.2 Å². The molecule has 1 saturated carbocycles. The van der Waals surface area contributed by atoms with E-state index in [4.69, 9.17) is 5.73 Å². The highest BCUT2D eigenvalue weighted by atomic mass is 35.5. The number of thioether (sulfide) groups is 1. The van der Waals surface area contributed by atoms with E-state index in [1.165, 1.54) is 12.8 Å². The molecule has 3 atom stereocenters. The summed E-state index contributed by atoms with van der Waals surface area (Å²) in [6, 6.07) is 0.515. The van der Waals surface area contributed by atoms with Crippen molar-refractivity contribution in [2.24, 2.45) is 5.73 Å². The normalized spacial score (nSPS) is 30.2. The molecule has 8 heteroatoms. The molecule has 6 nitrogen and oxygen atoms in total. The molecule has 2 heterocycles. The first kappa shape index (κ1) is 19.7. The number of rotatable bonds is 7. The second-order valence-electron chi connectivity index (χ2n) is 7.11. The van der Waals surface area contributed by atoms with Gasteiger partial charge in [0.15, 0.2) is 0 Å². The quantitative estimate of drug-likeness (QED) is 0.400. The molecule has 3 amide bonds. The Labute approximate surface area is 154 Å². The van der Waals surface area contributed by atoms with Gasteiger partial charge in [0.1, 0.15) is 0 Å². The zero-order valence-electron chi connectivity index (χ0n) is 14.0. The first-order valence-corrected chi connectivity index (χ1v) is 9.86. The molecule has 5 N–H and O–H groups in total. The Morgan fingerprint density at radius 3 is 2.75 bits per heavy atom. The number of nitrogens with one attached hydrogen (secondary N) is 3. The Morgan fingerprint density at radius 2 is 2.04 bits per heavy atom. The number of amides is 3. The first-order valence-electron chi connectivity index (χ1n) is 8.82. The number of unbranched alkanes of at least 4 members (excludes halogenated alkanes) is 1. The third-order valence-electron chi connectivity index (χ3n) is 5.44. The maximum absolute atomic E-state index is 12.1. The highest BCUT2D eigenvalue weighted by molar-refractivity contribution is 8.00. The molecule has 0 aromatic heterocycles. The number of hydrogen-bond acceptors (Lipinski definition) is 4. The number of carbonyl (C=O) groups excluding carboxylic acids is 2. The maximum Gasteiger partial charge on any atom is 0.315 e. The zero-order valence-corrected chi connectivity index (χ0v) is 15.6. The van der Waals surface area contributed by atoms with Crippen molar-refractivity contribution in [3.63, 3.8) is 0 Å². The van der Waals surface area contributed by atoms with E-state index in [9.17, 15) is 9.59 Å². The molecule has 2 saturated heterocycles. The average Bonchev–Trinajstić information content (AvgIpc) is 3.21. The van der Waals surface area contributed by atoms with E-state index in [1.807, 2.05) is 11.8 Å². The summed E-state index contributed by atoms with van der Waals surface area (Å²) in [5.41, 5.74) is 5.72. The van der Waals surface area contributed by atoms with Gasteiger partial charge < -0.3 is 21.7 Å². The molecule has 3 fully saturated rings. The summed E-state index contributed by atoms with van der Waals surface area (Å²) in [5.74, 6) is 1.14. The van der Waals surface area contributed by atoms with E-state index in [2.05, 4.69) is 16.0 Å². The molecule has 0 aromatic rings. The van der Waals surface area contributed by atoms with Gasteiger partial charge in [-0.2, -0.15) is 11.8 Å². The standard InChI is InChI=1S/C16H28N4O2S.ClH/c17-10-16(7-3-4-8-16)20-13(21)6-2-1-5-12-14-11(9-23-12)18-15(22)19-14;/h11-12,14H,1-10,17H2,(H,20,21)(H2,18,19,22);1H/t11-,12-,14-;/m0./s1. The van der Waals surface area contributed by atoms with E-state index in [0.717, 1.165) is 37.9 Å². The Morgan fingerprint density at radius 1 is 1.29 bits per heavy atom. The van der Waals surface area contributed by atoms with Crippen LogP contribution in [0.15, 0.2) is 0 Å². The summed E-state index contributed by atoms with van der Waals surface area (Å²) in [6.07, 6.45) is 7.94. The molecule has 0 aromatic carbocycles. The lowest BCUT2D eigenvalue weighted by Crippen LogP contribution is -2.51. The fourth-order valence-corrected chi connectivity index (χ4v) is 5.61. The number of hydrogen-bond donors (Lipinski definition) is 4. The van der Waals surface area contributed by atoms with Crippen LogP contribution in [0.5, 0.6) is 0 Å². The number of fused-ring (bicyclic) bond motifs is 1. The molecule has 3 aliphatic rings. The summed E-state index contributed by atoms with van der Waals surface area (Å²) in [5, 5.41) is 9.63. The fourth-order valence-electron chi connectivity index (χ4n) is 4.06. The van der Waals surface area contributed by atoms with Crippen molar-refractivity contribution in [2.45, 2.75) is 74.2 Å². The van der Waals surface area contributed by atoms with Gasteiger partial charge in [0.05, 0.1) is 17.6 Å². The predicted molar refractivity (Wildman–Crippen MR) is 99.6 cm³/mol. The van der Waals surface area contributed by atoms with Gasteiger partial charge in [-0.1, -0.05) is 19.3 Å². The summed E-state index contributed by atoms with van der Waals surface area (Å²) in [6.45, 7) is 0.549. The molecule has 3 rings (SSSR count). The van der Waals surface area contributed by atoms with Crippen LogP contribution in [0.25, 0.3) is 0 Å².